The maximum absolute atomic E-state index is 13.7. The largest absolute Gasteiger partial charge is 0.416 e. The molecule has 0 bridgehead atoms. The van der Waals surface area contributed by atoms with Crippen LogP contribution in [0.3, 0.4) is 0 Å². The molecule has 2 aromatic rings. The number of amides is 1. The van der Waals surface area contributed by atoms with Gasteiger partial charge in [-0.1, -0.05) is 19.1 Å². The zero-order valence-corrected chi connectivity index (χ0v) is 17.2. The second-order valence-corrected chi connectivity index (χ2v) is 7.61. The lowest BCUT2D eigenvalue weighted by molar-refractivity contribution is -0.138. The number of nitrogens with one attached hydrogen (secondary N) is 1. The van der Waals surface area contributed by atoms with Gasteiger partial charge in [0.1, 0.15) is 0 Å². The van der Waals surface area contributed by atoms with Crippen LogP contribution in [-0.4, -0.2) is 48.4 Å². The minimum Gasteiger partial charge on any atom is -0.398 e. The van der Waals surface area contributed by atoms with Crippen LogP contribution in [0.4, 0.5) is 24.5 Å². The van der Waals surface area contributed by atoms with E-state index < -0.39 is 17.6 Å². The molecule has 5 nitrogen and oxygen atoms in total. The van der Waals surface area contributed by atoms with E-state index in [1.807, 2.05) is 11.8 Å². The first-order valence-electron chi connectivity index (χ1n) is 9.99. The Morgan fingerprint density at radius 2 is 1.73 bits per heavy atom. The number of carbonyl (C=O) groups excluding carboxylic acids is 1. The molecule has 1 aliphatic rings. The number of anilines is 2. The number of piperazine rings is 1. The molecule has 3 N–H and O–H groups in total. The first-order chi connectivity index (χ1) is 14.2. The molecule has 0 atom stereocenters. The Hall–Kier alpha value is -2.58. The van der Waals surface area contributed by atoms with Gasteiger partial charge in [0.25, 0.3) is 5.91 Å². The molecular weight excluding hydrogens is 393 g/mol. The van der Waals surface area contributed by atoms with Crippen molar-refractivity contribution in [3.8, 4) is 0 Å². The zero-order valence-electron chi connectivity index (χ0n) is 17.2. The Morgan fingerprint density at radius 1 is 1.07 bits per heavy atom. The number of nitrogen functional groups attached to an aromatic ring is 1. The summed E-state index contributed by atoms with van der Waals surface area (Å²) in [6, 6.07) is 8.78. The summed E-state index contributed by atoms with van der Waals surface area (Å²) >= 11 is 0. The number of carbonyl (C=O) groups is 1. The molecule has 162 valence electrons. The zero-order chi connectivity index (χ0) is 21.9. The molecule has 1 fully saturated rings. The van der Waals surface area contributed by atoms with Gasteiger partial charge < -0.3 is 16.0 Å². The van der Waals surface area contributed by atoms with Crippen LogP contribution in [0.25, 0.3) is 0 Å². The van der Waals surface area contributed by atoms with Crippen LogP contribution in [0.15, 0.2) is 36.4 Å². The molecule has 8 heteroatoms. The van der Waals surface area contributed by atoms with Gasteiger partial charge in [0.2, 0.25) is 0 Å². The third-order valence-electron chi connectivity index (χ3n) is 5.52. The molecule has 1 heterocycles. The van der Waals surface area contributed by atoms with Crippen molar-refractivity contribution in [2.75, 3.05) is 43.8 Å². The molecular formula is C22H27F3N4O. The third-order valence-corrected chi connectivity index (χ3v) is 5.52. The van der Waals surface area contributed by atoms with Gasteiger partial charge in [-0.2, -0.15) is 13.2 Å². The number of hydrogen-bond acceptors (Lipinski definition) is 4. The molecule has 0 unspecified atom stereocenters. The highest BCUT2D eigenvalue weighted by atomic mass is 19.4. The molecule has 0 aliphatic carbocycles. The normalized spacial score (nSPS) is 15.9. The van der Waals surface area contributed by atoms with Crippen molar-refractivity contribution in [3.05, 3.63) is 58.7 Å². The smallest absolute Gasteiger partial charge is 0.398 e. The summed E-state index contributed by atoms with van der Waals surface area (Å²) in [4.78, 5) is 16.7. The lowest BCUT2D eigenvalue weighted by Crippen LogP contribution is -2.45. The molecule has 1 aliphatic heterocycles. The van der Waals surface area contributed by atoms with Crippen molar-refractivity contribution in [1.82, 2.24) is 9.80 Å². The Balaban J connectivity index is 1.77. The number of benzene rings is 2. The minimum absolute atomic E-state index is 0.103. The van der Waals surface area contributed by atoms with E-state index in [-0.39, 0.29) is 17.8 Å². The van der Waals surface area contributed by atoms with Crippen LogP contribution in [0, 0.1) is 6.92 Å². The Bertz CT molecular complexity index is 906. The summed E-state index contributed by atoms with van der Waals surface area (Å²) in [5.74, 6) is -0.502. The monoisotopic (exact) mass is 420 g/mol. The topological polar surface area (TPSA) is 61.6 Å². The van der Waals surface area contributed by atoms with Gasteiger partial charge >= 0.3 is 6.18 Å². The van der Waals surface area contributed by atoms with E-state index in [0.717, 1.165) is 44.4 Å². The van der Waals surface area contributed by atoms with Crippen LogP contribution < -0.4 is 11.1 Å². The van der Waals surface area contributed by atoms with Crippen molar-refractivity contribution >= 4 is 17.3 Å². The summed E-state index contributed by atoms with van der Waals surface area (Å²) in [6.45, 7) is 8.24. The highest BCUT2D eigenvalue weighted by molar-refractivity contribution is 6.04. The predicted octanol–water partition coefficient (Wildman–Crippen LogP) is 3.99. The molecule has 2 aromatic carbocycles. The van der Waals surface area contributed by atoms with E-state index in [4.69, 9.17) is 5.73 Å². The fourth-order valence-electron chi connectivity index (χ4n) is 3.55. The Labute approximate surface area is 174 Å². The van der Waals surface area contributed by atoms with Gasteiger partial charge in [0, 0.05) is 49.7 Å². The molecule has 0 spiro atoms. The van der Waals surface area contributed by atoms with Crippen molar-refractivity contribution in [2.45, 2.75) is 26.6 Å². The van der Waals surface area contributed by atoms with E-state index >= 15 is 0 Å². The SMILES string of the molecule is CCN1CCN(Cc2ccc(NC(=O)c3ccc(C)c(N)c3)cc2C(F)(F)F)CC1. The van der Waals surface area contributed by atoms with Crippen LogP contribution >= 0.6 is 0 Å². The number of nitrogens with zero attached hydrogens (tertiary/aromatic N) is 2. The minimum atomic E-state index is -4.50. The maximum Gasteiger partial charge on any atom is 0.416 e. The number of nitrogens with two attached hydrogens (primary N) is 1. The molecule has 0 radical (unpaired) electrons. The Morgan fingerprint density at radius 3 is 2.33 bits per heavy atom. The number of halogens is 3. The number of rotatable bonds is 5. The van der Waals surface area contributed by atoms with Crippen LogP contribution in [0.1, 0.15) is 34.0 Å². The fraction of sp³-hybridized carbons (Fsp3) is 0.409. The van der Waals surface area contributed by atoms with E-state index in [0.29, 0.717) is 11.3 Å². The third kappa shape index (κ3) is 5.31. The van der Waals surface area contributed by atoms with Gasteiger partial charge in [0.15, 0.2) is 0 Å². The van der Waals surface area contributed by atoms with Crippen molar-refractivity contribution < 1.29 is 18.0 Å². The average Bonchev–Trinajstić information content (AvgIpc) is 2.71. The van der Waals surface area contributed by atoms with Gasteiger partial charge in [-0.15, -0.1) is 0 Å². The second-order valence-electron chi connectivity index (χ2n) is 7.61. The molecule has 3 rings (SSSR count). The fourth-order valence-corrected chi connectivity index (χ4v) is 3.55. The maximum atomic E-state index is 13.7. The van der Waals surface area contributed by atoms with Gasteiger partial charge in [-0.25, -0.2) is 0 Å². The van der Waals surface area contributed by atoms with Crippen molar-refractivity contribution in [3.63, 3.8) is 0 Å². The standard InChI is InChI=1S/C22H27F3N4O/c1-3-28-8-10-29(11-9-28)14-17-6-7-18(13-19(17)22(23,24)25)27-21(30)16-5-4-15(2)20(26)12-16/h4-7,12-13H,3,8-11,14,26H2,1-2H3,(H,27,30). The number of likely N-dealkylation sites (N-methyl/N-ethyl adjacent to an activating group) is 1. The molecule has 30 heavy (non-hydrogen) atoms. The lowest BCUT2D eigenvalue weighted by Gasteiger charge is -2.34. The van der Waals surface area contributed by atoms with E-state index in [2.05, 4.69) is 17.1 Å². The van der Waals surface area contributed by atoms with E-state index in [1.54, 1.807) is 12.1 Å². The van der Waals surface area contributed by atoms with E-state index in [1.165, 1.54) is 18.2 Å². The summed E-state index contributed by atoms with van der Waals surface area (Å²) < 4.78 is 41.1. The summed E-state index contributed by atoms with van der Waals surface area (Å²) in [5.41, 5.74) is 7.00. The van der Waals surface area contributed by atoms with Gasteiger partial charge in [0.05, 0.1) is 5.56 Å². The van der Waals surface area contributed by atoms with Crippen LogP contribution in [0.2, 0.25) is 0 Å². The highest BCUT2D eigenvalue weighted by Gasteiger charge is 2.34. The van der Waals surface area contributed by atoms with Gasteiger partial charge in [-0.05, 0) is 48.9 Å². The molecule has 1 saturated heterocycles. The number of aryl methyl sites for hydroxylation is 1. The Kier molecular flexibility index (Phi) is 6.67. The summed E-state index contributed by atoms with van der Waals surface area (Å²) in [6.07, 6.45) is -4.50. The average molecular weight is 420 g/mol. The number of hydrogen-bond donors (Lipinski definition) is 2. The van der Waals surface area contributed by atoms with Gasteiger partial charge in [-0.3, -0.25) is 9.69 Å². The predicted molar refractivity (Wildman–Crippen MR) is 112 cm³/mol. The van der Waals surface area contributed by atoms with Crippen molar-refractivity contribution in [2.24, 2.45) is 0 Å². The molecule has 0 saturated carbocycles. The molecule has 1 amide bonds. The second kappa shape index (κ2) is 9.06. The quantitative estimate of drug-likeness (QED) is 0.719. The lowest BCUT2D eigenvalue weighted by atomic mass is 10.0. The highest BCUT2D eigenvalue weighted by Crippen LogP contribution is 2.34. The van der Waals surface area contributed by atoms with E-state index in [9.17, 15) is 18.0 Å². The van der Waals surface area contributed by atoms with Crippen LogP contribution in [-0.2, 0) is 12.7 Å². The number of alkyl halides is 3. The molecule has 0 aromatic heterocycles. The summed E-state index contributed by atoms with van der Waals surface area (Å²) in [7, 11) is 0. The first kappa shape index (κ1) is 22.1. The summed E-state index contributed by atoms with van der Waals surface area (Å²) in [5, 5.41) is 2.55. The van der Waals surface area contributed by atoms with Crippen LogP contribution in [0.5, 0.6) is 0 Å². The first-order valence-corrected chi connectivity index (χ1v) is 9.99. The van der Waals surface area contributed by atoms with Crippen molar-refractivity contribution in [1.29, 1.82) is 0 Å².